The molecule has 7 rings (SSSR count). The molecule has 6 aromatic rings. The summed E-state index contributed by atoms with van der Waals surface area (Å²) >= 11 is 0. The number of nitrogens with zero attached hydrogens (tertiary/aromatic N) is 2. The van der Waals surface area contributed by atoms with E-state index in [-0.39, 0.29) is 0 Å². The van der Waals surface area contributed by atoms with Gasteiger partial charge in [-0.3, -0.25) is 0 Å². The first-order chi connectivity index (χ1) is 20.2. The monoisotopic (exact) mass is 532 g/mol. The van der Waals surface area contributed by atoms with Crippen LogP contribution in [0.4, 0.5) is 5.88 Å². The van der Waals surface area contributed by atoms with Crippen LogP contribution >= 0.6 is 0 Å². The third-order valence-corrected chi connectivity index (χ3v) is 7.51. The van der Waals surface area contributed by atoms with Crippen molar-refractivity contribution in [3.8, 4) is 11.1 Å². The van der Waals surface area contributed by atoms with Crippen molar-refractivity contribution in [1.82, 2.24) is 5.32 Å². The number of hydrogen-bond acceptors (Lipinski definition) is 5. The second kappa shape index (κ2) is 10.3. The number of nitrogens with one attached hydrogen (secondary N) is 1. The Morgan fingerprint density at radius 2 is 1.41 bits per heavy atom. The molecule has 1 aliphatic rings. The van der Waals surface area contributed by atoms with E-state index in [1.165, 1.54) is 10.9 Å². The number of anilines is 1. The number of rotatable bonds is 5. The number of aliphatic imine (C=N–C) groups is 2. The van der Waals surface area contributed by atoms with Crippen molar-refractivity contribution in [3.05, 3.63) is 144 Å². The molecule has 0 radical (unpaired) electrons. The van der Waals surface area contributed by atoms with Crippen LogP contribution in [0.15, 0.2) is 142 Å². The van der Waals surface area contributed by atoms with Gasteiger partial charge in [-0.05, 0) is 46.5 Å². The average molecular weight is 533 g/mol. The summed E-state index contributed by atoms with van der Waals surface area (Å²) in [4.78, 5) is 10.2. The molecule has 1 aliphatic heterocycles. The highest BCUT2D eigenvalue weighted by Gasteiger charge is 2.26. The first-order valence-corrected chi connectivity index (χ1v) is 13.7. The molecule has 0 saturated heterocycles. The SMILES string of the molecule is C/C=C(/C1=NC(c2ccc3ccccc3c2)N=C(c2ccc(-c3ccccc3)cc2)N1)c1c(N)oc2ccccc12. The largest absolute Gasteiger partial charge is 0.440 e. The summed E-state index contributed by atoms with van der Waals surface area (Å²) in [7, 11) is 0. The van der Waals surface area contributed by atoms with Crippen LogP contribution in [0, 0.1) is 0 Å². The standard InChI is InChI=1S/C36H28N4O/c1-2-29(32-30-14-8-9-15-31(30)41-33(32)37)36-39-34(26-19-16-25(17-20-26)23-10-4-3-5-11-23)38-35(40-36)28-21-18-24-12-6-7-13-27(24)22-28/h2-22,35H,37H2,1H3,(H,38,39,40)/b29-2+. The van der Waals surface area contributed by atoms with Crippen LogP contribution in [0.3, 0.4) is 0 Å². The van der Waals surface area contributed by atoms with Gasteiger partial charge < -0.3 is 15.5 Å². The maximum Gasteiger partial charge on any atom is 0.199 e. The second-order valence-electron chi connectivity index (χ2n) is 10.0. The van der Waals surface area contributed by atoms with E-state index in [0.29, 0.717) is 11.7 Å². The highest BCUT2D eigenvalue weighted by atomic mass is 16.3. The van der Waals surface area contributed by atoms with E-state index >= 15 is 0 Å². The number of hydrogen-bond donors (Lipinski definition) is 2. The smallest absolute Gasteiger partial charge is 0.199 e. The zero-order chi connectivity index (χ0) is 27.8. The lowest BCUT2D eigenvalue weighted by Gasteiger charge is -2.24. The fraction of sp³-hybridized carbons (Fsp3) is 0.0556. The number of fused-ring (bicyclic) bond motifs is 2. The summed E-state index contributed by atoms with van der Waals surface area (Å²) in [5, 5.41) is 6.81. The minimum atomic E-state index is -0.436. The summed E-state index contributed by atoms with van der Waals surface area (Å²) in [6.45, 7) is 1.99. The number of benzene rings is 5. The van der Waals surface area contributed by atoms with E-state index in [2.05, 4.69) is 96.3 Å². The van der Waals surface area contributed by atoms with E-state index in [1.54, 1.807) is 0 Å². The molecular formula is C36H28N4O. The maximum atomic E-state index is 6.44. The van der Waals surface area contributed by atoms with Crippen molar-refractivity contribution in [2.75, 3.05) is 5.73 Å². The van der Waals surface area contributed by atoms with Crippen LogP contribution in [0.2, 0.25) is 0 Å². The van der Waals surface area contributed by atoms with Crippen LogP contribution in [-0.2, 0) is 0 Å². The van der Waals surface area contributed by atoms with Crippen molar-refractivity contribution < 1.29 is 4.42 Å². The van der Waals surface area contributed by atoms with Gasteiger partial charge in [-0.15, -0.1) is 0 Å². The van der Waals surface area contributed by atoms with E-state index in [1.807, 2.05) is 43.3 Å². The zero-order valence-corrected chi connectivity index (χ0v) is 22.6. The van der Waals surface area contributed by atoms with Crippen molar-refractivity contribution in [1.29, 1.82) is 0 Å². The van der Waals surface area contributed by atoms with Crippen LogP contribution in [0.5, 0.6) is 0 Å². The number of nitrogen functional groups attached to an aromatic ring is 1. The number of nitrogens with two attached hydrogens (primary N) is 1. The fourth-order valence-electron chi connectivity index (χ4n) is 5.44. The Morgan fingerprint density at radius 3 is 2.22 bits per heavy atom. The van der Waals surface area contributed by atoms with Gasteiger partial charge >= 0.3 is 0 Å². The zero-order valence-electron chi connectivity index (χ0n) is 22.6. The van der Waals surface area contributed by atoms with Gasteiger partial charge in [-0.2, -0.15) is 0 Å². The Balaban J connectivity index is 1.34. The number of para-hydroxylation sites is 1. The normalized spacial score (nSPS) is 15.4. The van der Waals surface area contributed by atoms with Crippen LogP contribution < -0.4 is 11.1 Å². The summed E-state index contributed by atoms with van der Waals surface area (Å²) in [6.07, 6.45) is 1.59. The van der Waals surface area contributed by atoms with Gasteiger partial charge in [0, 0.05) is 16.5 Å². The molecule has 1 unspecified atom stereocenters. The minimum absolute atomic E-state index is 0.363. The molecule has 0 saturated carbocycles. The molecular weight excluding hydrogens is 504 g/mol. The quantitative estimate of drug-likeness (QED) is 0.234. The molecule has 0 aliphatic carbocycles. The van der Waals surface area contributed by atoms with Gasteiger partial charge in [0.15, 0.2) is 12.0 Å². The number of amidine groups is 2. The summed E-state index contributed by atoms with van der Waals surface area (Å²) in [5.74, 6) is 1.81. The van der Waals surface area contributed by atoms with Crippen LogP contribution in [0.1, 0.15) is 29.8 Å². The lowest BCUT2D eigenvalue weighted by atomic mass is 10.00. The van der Waals surface area contributed by atoms with Crippen molar-refractivity contribution >= 4 is 44.9 Å². The molecule has 1 aromatic heterocycles. The van der Waals surface area contributed by atoms with Gasteiger partial charge in [0.1, 0.15) is 17.3 Å². The molecule has 0 amide bonds. The van der Waals surface area contributed by atoms with Gasteiger partial charge in [0.05, 0.1) is 5.56 Å². The Bertz CT molecular complexity index is 1980. The van der Waals surface area contributed by atoms with E-state index in [9.17, 15) is 0 Å². The highest BCUT2D eigenvalue weighted by molar-refractivity contribution is 6.32. The fourth-order valence-corrected chi connectivity index (χ4v) is 5.44. The van der Waals surface area contributed by atoms with Gasteiger partial charge in [0.2, 0.25) is 0 Å². The van der Waals surface area contributed by atoms with Gasteiger partial charge in [0.25, 0.3) is 0 Å². The van der Waals surface area contributed by atoms with Crippen LogP contribution in [-0.4, -0.2) is 11.7 Å². The molecule has 0 spiro atoms. The van der Waals surface area contributed by atoms with Crippen molar-refractivity contribution in [2.24, 2.45) is 9.98 Å². The Labute approximate surface area is 238 Å². The molecule has 2 heterocycles. The summed E-state index contributed by atoms with van der Waals surface area (Å²) in [5.41, 5.74) is 13.2. The highest BCUT2D eigenvalue weighted by Crippen LogP contribution is 2.36. The molecule has 198 valence electrons. The van der Waals surface area contributed by atoms with E-state index in [0.717, 1.165) is 50.0 Å². The minimum Gasteiger partial charge on any atom is -0.440 e. The predicted octanol–water partition coefficient (Wildman–Crippen LogP) is 8.39. The molecule has 1 atom stereocenters. The number of allylic oxidation sites excluding steroid dienone is 1. The molecule has 5 nitrogen and oxygen atoms in total. The number of furan rings is 1. The molecule has 5 aromatic carbocycles. The third-order valence-electron chi connectivity index (χ3n) is 7.51. The van der Waals surface area contributed by atoms with Crippen molar-refractivity contribution in [2.45, 2.75) is 13.1 Å². The lowest BCUT2D eigenvalue weighted by Crippen LogP contribution is -2.36. The Kier molecular flexibility index (Phi) is 6.17. The van der Waals surface area contributed by atoms with Gasteiger partial charge in [-0.1, -0.05) is 115 Å². The molecule has 0 fully saturated rings. The van der Waals surface area contributed by atoms with E-state index in [4.69, 9.17) is 20.1 Å². The Morgan fingerprint density at radius 1 is 0.732 bits per heavy atom. The molecule has 3 N–H and O–H groups in total. The Hall–Kier alpha value is -5.42. The molecule has 5 heteroatoms. The predicted molar refractivity (Wildman–Crippen MR) is 170 cm³/mol. The summed E-state index contributed by atoms with van der Waals surface area (Å²) in [6, 6.07) is 41.5. The average Bonchev–Trinajstić information content (AvgIpc) is 3.37. The lowest BCUT2D eigenvalue weighted by molar-refractivity contribution is 0.636. The molecule has 0 bridgehead atoms. The first-order valence-electron chi connectivity index (χ1n) is 13.7. The summed E-state index contributed by atoms with van der Waals surface area (Å²) < 4.78 is 5.92. The van der Waals surface area contributed by atoms with E-state index < -0.39 is 6.17 Å². The third kappa shape index (κ3) is 4.57. The van der Waals surface area contributed by atoms with Crippen molar-refractivity contribution in [3.63, 3.8) is 0 Å². The van der Waals surface area contributed by atoms with Crippen LogP contribution in [0.25, 0.3) is 38.4 Å². The second-order valence-corrected chi connectivity index (χ2v) is 10.0. The molecule has 41 heavy (non-hydrogen) atoms. The van der Waals surface area contributed by atoms with Gasteiger partial charge in [-0.25, -0.2) is 9.98 Å². The maximum absolute atomic E-state index is 6.44. The topological polar surface area (TPSA) is 75.9 Å². The first kappa shape index (κ1) is 24.6.